The summed E-state index contributed by atoms with van der Waals surface area (Å²) in [5.41, 5.74) is 4.31. The summed E-state index contributed by atoms with van der Waals surface area (Å²) >= 11 is 0. The van der Waals surface area contributed by atoms with Gasteiger partial charge in [0, 0.05) is 53.8 Å². The van der Waals surface area contributed by atoms with Gasteiger partial charge >= 0.3 is 0 Å². The quantitative estimate of drug-likeness (QED) is 0.736. The van der Waals surface area contributed by atoms with Crippen LogP contribution in [0.2, 0.25) is 0 Å². The van der Waals surface area contributed by atoms with Gasteiger partial charge in [-0.1, -0.05) is 27.7 Å². The van der Waals surface area contributed by atoms with Gasteiger partial charge in [-0.15, -0.1) is 0 Å². The predicted molar refractivity (Wildman–Crippen MR) is 127 cm³/mol. The molecule has 0 aromatic carbocycles. The van der Waals surface area contributed by atoms with E-state index in [0.717, 1.165) is 47.7 Å². The van der Waals surface area contributed by atoms with Crippen molar-refractivity contribution in [2.24, 2.45) is 5.41 Å². The van der Waals surface area contributed by atoms with Crippen LogP contribution in [-0.2, 0) is 16.0 Å². The standard InChI is InChI=1S/C25H39N5O2/c1-9-25(7,8)27-22(31)11-10-19-16(2)26-21-14-20(28-30(21)17(19)3)18-12-13-29(15-18)23(32)24(4,5)6/h14,18H,9-13,15H2,1-8H3,(H,27,31)/t18-/m1/s1. The predicted octanol–water partition coefficient (Wildman–Crippen LogP) is 3.95. The maximum Gasteiger partial charge on any atom is 0.227 e. The van der Waals surface area contributed by atoms with Gasteiger partial charge in [0.15, 0.2) is 5.65 Å². The molecule has 0 saturated carbocycles. The second-order valence-corrected chi connectivity index (χ2v) is 10.9. The molecule has 1 saturated heterocycles. The van der Waals surface area contributed by atoms with E-state index in [9.17, 15) is 9.59 Å². The molecule has 7 heteroatoms. The number of hydrogen-bond donors (Lipinski definition) is 1. The minimum atomic E-state index is -0.364. The fraction of sp³-hybridized carbons (Fsp3) is 0.680. The third-order valence-corrected chi connectivity index (χ3v) is 6.68. The van der Waals surface area contributed by atoms with Gasteiger partial charge in [0.2, 0.25) is 11.8 Å². The Bertz CT molecular complexity index is 1020. The van der Waals surface area contributed by atoms with Crippen molar-refractivity contribution in [3.63, 3.8) is 0 Å². The number of nitrogens with zero attached hydrogens (tertiary/aromatic N) is 4. The summed E-state index contributed by atoms with van der Waals surface area (Å²) in [5, 5.41) is 7.97. The van der Waals surface area contributed by atoms with Gasteiger partial charge in [0.25, 0.3) is 0 Å². The molecule has 176 valence electrons. The van der Waals surface area contributed by atoms with E-state index in [4.69, 9.17) is 10.1 Å². The third kappa shape index (κ3) is 5.13. The lowest BCUT2D eigenvalue weighted by atomic mass is 9.95. The van der Waals surface area contributed by atoms with E-state index in [2.05, 4.69) is 18.3 Å². The zero-order chi connectivity index (χ0) is 23.8. The van der Waals surface area contributed by atoms with Crippen LogP contribution in [0.25, 0.3) is 5.65 Å². The lowest BCUT2D eigenvalue weighted by Crippen LogP contribution is -2.42. The first-order valence-corrected chi connectivity index (χ1v) is 11.8. The molecule has 7 nitrogen and oxygen atoms in total. The molecule has 2 aromatic rings. The number of likely N-dealkylation sites (tertiary alicyclic amines) is 1. The number of carbonyl (C=O) groups excluding carboxylic acids is 2. The van der Waals surface area contributed by atoms with Crippen molar-refractivity contribution in [3.8, 4) is 0 Å². The van der Waals surface area contributed by atoms with Crippen LogP contribution < -0.4 is 5.32 Å². The first-order valence-electron chi connectivity index (χ1n) is 11.8. The summed E-state index contributed by atoms with van der Waals surface area (Å²) in [4.78, 5) is 31.8. The van der Waals surface area contributed by atoms with Crippen molar-refractivity contribution in [3.05, 3.63) is 28.7 Å². The van der Waals surface area contributed by atoms with Crippen LogP contribution in [0.15, 0.2) is 6.07 Å². The molecule has 32 heavy (non-hydrogen) atoms. The average molecular weight is 442 g/mol. The second kappa shape index (κ2) is 8.83. The first-order chi connectivity index (χ1) is 14.8. The van der Waals surface area contributed by atoms with Crippen LogP contribution in [-0.4, -0.2) is 49.9 Å². The molecule has 1 fully saturated rings. The van der Waals surface area contributed by atoms with Gasteiger partial charge in [-0.2, -0.15) is 5.10 Å². The Morgan fingerprint density at radius 1 is 1.19 bits per heavy atom. The molecule has 2 aromatic heterocycles. The summed E-state index contributed by atoms with van der Waals surface area (Å²) in [6, 6.07) is 2.05. The number of hydrogen-bond acceptors (Lipinski definition) is 4. The number of aryl methyl sites for hydroxylation is 2. The molecule has 1 aliphatic rings. The molecule has 2 amide bonds. The first kappa shape index (κ1) is 24.2. The summed E-state index contributed by atoms with van der Waals surface area (Å²) in [6.45, 7) is 17.6. The highest BCUT2D eigenvalue weighted by Gasteiger charge is 2.34. The zero-order valence-electron chi connectivity index (χ0n) is 21.0. The Morgan fingerprint density at radius 2 is 1.88 bits per heavy atom. The highest BCUT2D eigenvalue weighted by molar-refractivity contribution is 5.81. The minimum absolute atomic E-state index is 0.0615. The summed E-state index contributed by atoms with van der Waals surface area (Å²) in [7, 11) is 0. The molecule has 0 spiro atoms. The highest BCUT2D eigenvalue weighted by atomic mass is 16.2. The van der Waals surface area contributed by atoms with Crippen LogP contribution in [0.4, 0.5) is 0 Å². The number of fused-ring (bicyclic) bond motifs is 1. The Kier molecular flexibility index (Phi) is 6.68. The summed E-state index contributed by atoms with van der Waals surface area (Å²) in [6.07, 6.45) is 2.88. The van der Waals surface area contributed by atoms with Crippen molar-refractivity contribution in [2.75, 3.05) is 13.1 Å². The number of rotatable bonds is 6. The van der Waals surface area contributed by atoms with E-state index < -0.39 is 0 Å². The largest absolute Gasteiger partial charge is 0.351 e. The van der Waals surface area contributed by atoms with Crippen LogP contribution in [0.3, 0.4) is 0 Å². The molecule has 0 aliphatic carbocycles. The molecule has 3 heterocycles. The van der Waals surface area contributed by atoms with Gasteiger partial charge in [-0.05, 0) is 52.5 Å². The number of aromatic nitrogens is 3. The maximum absolute atomic E-state index is 12.6. The van der Waals surface area contributed by atoms with Gasteiger partial charge in [-0.25, -0.2) is 9.50 Å². The fourth-order valence-electron chi connectivity index (χ4n) is 4.33. The topological polar surface area (TPSA) is 79.6 Å². The average Bonchev–Trinajstić information content (AvgIpc) is 3.33. The van der Waals surface area contributed by atoms with Gasteiger partial charge < -0.3 is 10.2 Å². The molecule has 1 N–H and O–H groups in total. The van der Waals surface area contributed by atoms with E-state index in [1.54, 1.807) is 0 Å². The Labute approximate surface area is 192 Å². The van der Waals surface area contributed by atoms with E-state index in [1.165, 1.54) is 0 Å². The van der Waals surface area contributed by atoms with Crippen molar-refractivity contribution in [1.82, 2.24) is 24.8 Å². The number of nitrogens with one attached hydrogen (secondary N) is 1. The van der Waals surface area contributed by atoms with E-state index in [1.807, 2.05) is 57.9 Å². The Hall–Kier alpha value is -2.44. The van der Waals surface area contributed by atoms with Crippen LogP contribution in [0.5, 0.6) is 0 Å². The highest BCUT2D eigenvalue weighted by Crippen LogP contribution is 2.30. The van der Waals surface area contributed by atoms with Crippen molar-refractivity contribution < 1.29 is 9.59 Å². The lowest BCUT2D eigenvalue weighted by molar-refractivity contribution is -0.138. The van der Waals surface area contributed by atoms with Gasteiger partial charge in [-0.3, -0.25) is 9.59 Å². The van der Waals surface area contributed by atoms with E-state index in [0.29, 0.717) is 19.4 Å². The molecular formula is C25H39N5O2. The van der Waals surface area contributed by atoms with E-state index in [-0.39, 0.29) is 28.7 Å². The number of carbonyl (C=O) groups is 2. The Morgan fingerprint density at radius 3 is 2.50 bits per heavy atom. The van der Waals surface area contributed by atoms with Gasteiger partial charge in [0.05, 0.1) is 5.69 Å². The monoisotopic (exact) mass is 441 g/mol. The zero-order valence-corrected chi connectivity index (χ0v) is 21.0. The second-order valence-electron chi connectivity index (χ2n) is 10.9. The summed E-state index contributed by atoms with van der Waals surface area (Å²) < 4.78 is 1.90. The van der Waals surface area contributed by atoms with Crippen LogP contribution in [0, 0.1) is 19.3 Å². The van der Waals surface area contributed by atoms with E-state index >= 15 is 0 Å². The van der Waals surface area contributed by atoms with Crippen molar-refractivity contribution >= 4 is 17.5 Å². The van der Waals surface area contributed by atoms with Crippen LogP contribution in [0.1, 0.15) is 89.4 Å². The van der Waals surface area contributed by atoms with Crippen molar-refractivity contribution in [1.29, 1.82) is 0 Å². The van der Waals surface area contributed by atoms with Gasteiger partial charge in [0.1, 0.15) is 0 Å². The Balaban J connectivity index is 1.76. The molecule has 0 unspecified atom stereocenters. The minimum Gasteiger partial charge on any atom is -0.351 e. The molecule has 3 rings (SSSR count). The molecule has 1 aliphatic heterocycles. The van der Waals surface area contributed by atoms with Crippen LogP contribution >= 0.6 is 0 Å². The molecule has 0 radical (unpaired) electrons. The number of amides is 2. The smallest absolute Gasteiger partial charge is 0.227 e. The molecule has 0 bridgehead atoms. The normalized spacial score (nSPS) is 17.2. The summed E-state index contributed by atoms with van der Waals surface area (Å²) in [5.74, 6) is 0.486. The van der Waals surface area contributed by atoms with Crippen molar-refractivity contribution in [2.45, 2.75) is 92.5 Å². The SMILES string of the molecule is CCC(C)(C)NC(=O)CCc1c(C)nc2cc([C@@H]3CCN(C(=O)C(C)(C)C)C3)nn2c1C. The molecule has 1 atom stereocenters. The lowest BCUT2D eigenvalue weighted by Gasteiger charge is -2.25. The third-order valence-electron chi connectivity index (χ3n) is 6.68. The fourth-order valence-corrected chi connectivity index (χ4v) is 4.33. The molecular weight excluding hydrogens is 402 g/mol. The maximum atomic E-state index is 12.6.